The number of hydrogen-bond acceptors (Lipinski definition) is 8. The topological polar surface area (TPSA) is 86.8 Å². The number of hydrogen-bond donors (Lipinski definition) is 2. The van der Waals surface area contributed by atoms with Crippen LogP contribution in [0.25, 0.3) is 0 Å². The van der Waals surface area contributed by atoms with Crippen LogP contribution >= 0.6 is 0 Å². The van der Waals surface area contributed by atoms with Gasteiger partial charge in [-0.1, -0.05) is 0 Å². The lowest BCUT2D eigenvalue weighted by atomic mass is 10.2. The summed E-state index contributed by atoms with van der Waals surface area (Å²) >= 11 is 0. The van der Waals surface area contributed by atoms with E-state index >= 15 is 0 Å². The molecule has 8 nitrogen and oxygen atoms in total. The Morgan fingerprint density at radius 2 is 1.80 bits per heavy atom. The molecule has 0 saturated carbocycles. The first-order chi connectivity index (χ1) is 12.2. The average molecular weight is 348 g/mol. The number of anilines is 3. The molecule has 1 unspecified atom stereocenters. The van der Waals surface area contributed by atoms with E-state index in [4.69, 9.17) is 18.9 Å². The van der Waals surface area contributed by atoms with Gasteiger partial charge in [-0.25, -0.2) is 9.97 Å². The van der Waals surface area contributed by atoms with E-state index in [0.717, 1.165) is 11.4 Å². The van der Waals surface area contributed by atoms with Crippen LogP contribution in [0, 0.1) is 0 Å². The predicted octanol–water partition coefficient (Wildman–Crippen LogP) is 2.31. The Kier molecular flexibility index (Phi) is 7.24. The Morgan fingerprint density at radius 3 is 2.48 bits per heavy atom. The fraction of sp³-hybridized carbons (Fsp3) is 0.412. The first kappa shape index (κ1) is 18.8. The third-order valence-electron chi connectivity index (χ3n) is 3.54. The van der Waals surface area contributed by atoms with Crippen LogP contribution in [0.1, 0.15) is 0 Å². The summed E-state index contributed by atoms with van der Waals surface area (Å²) in [5.74, 6) is 2.70. The van der Waals surface area contributed by atoms with Crippen molar-refractivity contribution < 1.29 is 18.9 Å². The molecule has 1 atom stereocenters. The molecule has 1 heterocycles. The van der Waals surface area contributed by atoms with Gasteiger partial charge in [0.1, 0.15) is 29.5 Å². The van der Waals surface area contributed by atoms with Gasteiger partial charge in [-0.2, -0.15) is 0 Å². The molecule has 0 amide bonds. The zero-order chi connectivity index (χ0) is 18.1. The summed E-state index contributed by atoms with van der Waals surface area (Å²) in [6.07, 6.45) is 1.43. The minimum Gasteiger partial charge on any atom is -0.497 e. The minimum atomic E-state index is -0.0574. The molecule has 0 radical (unpaired) electrons. The third kappa shape index (κ3) is 5.47. The Labute approximate surface area is 147 Å². The highest BCUT2D eigenvalue weighted by atomic mass is 16.5. The first-order valence-corrected chi connectivity index (χ1v) is 7.76. The SMILES string of the molecule is COCC(CNc1cc(Nc2ccc(OC)cc2OC)ncn1)OC. The van der Waals surface area contributed by atoms with Crippen molar-refractivity contribution in [1.82, 2.24) is 9.97 Å². The number of methoxy groups -OCH3 is 4. The Hall–Kier alpha value is -2.58. The molecule has 25 heavy (non-hydrogen) atoms. The lowest BCUT2D eigenvalue weighted by Gasteiger charge is -2.16. The van der Waals surface area contributed by atoms with Gasteiger partial charge in [0.2, 0.25) is 0 Å². The molecular weight excluding hydrogens is 324 g/mol. The van der Waals surface area contributed by atoms with E-state index in [9.17, 15) is 0 Å². The standard InChI is InChI=1S/C17H24N4O4/c1-22-10-13(24-3)9-18-16-8-17(20-11-19-16)21-14-6-5-12(23-2)7-15(14)25-4/h5-8,11,13H,9-10H2,1-4H3,(H2,18,19,20,21). The lowest BCUT2D eigenvalue weighted by Crippen LogP contribution is -2.26. The number of benzene rings is 1. The van der Waals surface area contributed by atoms with Crippen LogP contribution in [-0.2, 0) is 9.47 Å². The monoisotopic (exact) mass is 348 g/mol. The molecule has 0 aliphatic heterocycles. The van der Waals surface area contributed by atoms with E-state index in [2.05, 4.69) is 20.6 Å². The molecule has 0 fully saturated rings. The Bertz CT molecular complexity index is 669. The van der Waals surface area contributed by atoms with Crippen molar-refractivity contribution in [3.8, 4) is 11.5 Å². The lowest BCUT2D eigenvalue weighted by molar-refractivity contribution is 0.0365. The van der Waals surface area contributed by atoms with Gasteiger partial charge in [0.05, 0.1) is 32.6 Å². The summed E-state index contributed by atoms with van der Waals surface area (Å²) in [6.45, 7) is 1.08. The van der Waals surface area contributed by atoms with Crippen molar-refractivity contribution in [1.29, 1.82) is 0 Å². The summed E-state index contributed by atoms with van der Waals surface area (Å²) in [4.78, 5) is 8.44. The summed E-state index contributed by atoms with van der Waals surface area (Å²) in [5, 5.41) is 6.42. The zero-order valence-electron chi connectivity index (χ0n) is 14.9. The van der Waals surface area contributed by atoms with E-state index < -0.39 is 0 Å². The average Bonchev–Trinajstić information content (AvgIpc) is 2.65. The molecule has 2 rings (SSSR count). The van der Waals surface area contributed by atoms with Crippen LogP contribution in [0.4, 0.5) is 17.3 Å². The van der Waals surface area contributed by atoms with E-state index in [1.54, 1.807) is 34.5 Å². The molecular formula is C17H24N4O4. The second-order valence-electron chi connectivity index (χ2n) is 5.17. The fourth-order valence-corrected chi connectivity index (χ4v) is 2.18. The van der Waals surface area contributed by atoms with Gasteiger partial charge in [0, 0.05) is 32.9 Å². The van der Waals surface area contributed by atoms with Gasteiger partial charge in [0.25, 0.3) is 0 Å². The molecule has 0 bridgehead atoms. The van der Waals surface area contributed by atoms with Crippen molar-refractivity contribution in [3.05, 3.63) is 30.6 Å². The molecule has 0 spiro atoms. The summed E-state index contributed by atoms with van der Waals surface area (Å²) in [7, 11) is 6.50. The number of nitrogens with zero attached hydrogens (tertiary/aromatic N) is 2. The smallest absolute Gasteiger partial charge is 0.146 e. The van der Waals surface area contributed by atoms with Crippen molar-refractivity contribution >= 4 is 17.3 Å². The normalized spacial score (nSPS) is 11.7. The van der Waals surface area contributed by atoms with Gasteiger partial charge in [-0.05, 0) is 12.1 Å². The van der Waals surface area contributed by atoms with Crippen LogP contribution in [0.3, 0.4) is 0 Å². The molecule has 0 aliphatic carbocycles. The highest BCUT2D eigenvalue weighted by Crippen LogP contribution is 2.31. The molecule has 136 valence electrons. The molecule has 0 saturated heterocycles. The quantitative estimate of drug-likeness (QED) is 0.676. The number of nitrogens with one attached hydrogen (secondary N) is 2. The predicted molar refractivity (Wildman–Crippen MR) is 96.0 cm³/mol. The molecule has 2 aromatic rings. The maximum absolute atomic E-state index is 5.38. The molecule has 2 N–H and O–H groups in total. The van der Waals surface area contributed by atoms with Crippen LogP contribution < -0.4 is 20.1 Å². The number of ether oxygens (including phenoxy) is 4. The van der Waals surface area contributed by atoms with Crippen molar-refractivity contribution in [2.24, 2.45) is 0 Å². The number of rotatable bonds is 10. The molecule has 8 heteroatoms. The maximum Gasteiger partial charge on any atom is 0.146 e. The van der Waals surface area contributed by atoms with E-state index in [0.29, 0.717) is 30.5 Å². The van der Waals surface area contributed by atoms with E-state index in [-0.39, 0.29) is 6.10 Å². The second-order valence-corrected chi connectivity index (χ2v) is 5.17. The second kappa shape index (κ2) is 9.65. The largest absolute Gasteiger partial charge is 0.497 e. The van der Waals surface area contributed by atoms with Crippen molar-refractivity contribution in [3.63, 3.8) is 0 Å². The number of aromatic nitrogens is 2. The Balaban J connectivity index is 2.06. The van der Waals surface area contributed by atoms with Gasteiger partial charge >= 0.3 is 0 Å². The molecule has 0 aliphatic rings. The zero-order valence-corrected chi connectivity index (χ0v) is 14.9. The van der Waals surface area contributed by atoms with Crippen LogP contribution in [0.2, 0.25) is 0 Å². The maximum atomic E-state index is 5.38. The highest BCUT2D eigenvalue weighted by Gasteiger charge is 2.09. The van der Waals surface area contributed by atoms with Crippen LogP contribution in [0.5, 0.6) is 11.5 Å². The van der Waals surface area contributed by atoms with E-state index in [1.165, 1.54) is 6.33 Å². The minimum absolute atomic E-state index is 0.0574. The first-order valence-electron chi connectivity index (χ1n) is 7.76. The van der Waals surface area contributed by atoms with Gasteiger partial charge in [-0.15, -0.1) is 0 Å². The molecule has 1 aromatic carbocycles. The molecule has 1 aromatic heterocycles. The fourth-order valence-electron chi connectivity index (χ4n) is 2.18. The summed E-state index contributed by atoms with van der Waals surface area (Å²) in [6, 6.07) is 7.32. The van der Waals surface area contributed by atoms with Crippen LogP contribution in [0.15, 0.2) is 30.6 Å². The van der Waals surface area contributed by atoms with Gasteiger partial charge in [0.15, 0.2) is 0 Å². The van der Waals surface area contributed by atoms with Crippen molar-refractivity contribution in [2.75, 3.05) is 52.2 Å². The summed E-state index contributed by atoms with van der Waals surface area (Å²) in [5.41, 5.74) is 0.780. The van der Waals surface area contributed by atoms with Gasteiger partial charge < -0.3 is 29.6 Å². The van der Waals surface area contributed by atoms with E-state index in [1.807, 2.05) is 18.2 Å². The highest BCUT2D eigenvalue weighted by molar-refractivity contribution is 5.66. The van der Waals surface area contributed by atoms with Crippen LogP contribution in [-0.4, -0.2) is 57.7 Å². The Morgan fingerprint density at radius 1 is 1.00 bits per heavy atom. The third-order valence-corrected chi connectivity index (χ3v) is 3.54. The van der Waals surface area contributed by atoms with Crippen molar-refractivity contribution in [2.45, 2.75) is 6.10 Å². The van der Waals surface area contributed by atoms with Gasteiger partial charge in [-0.3, -0.25) is 0 Å². The summed E-state index contributed by atoms with van der Waals surface area (Å²) < 4.78 is 21.0.